The summed E-state index contributed by atoms with van der Waals surface area (Å²) in [6.07, 6.45) is 2.22. The molecule has 142 valence electrons. The molecule has 1 amide bonds. The molecule has 6 nitrogen and oxygen atoms in total. The van der Waals surface area contributed by atoms with Gasteiger partial charge < -0.3 is 15.4 Å². The summed E-state index contributed by atoms with van der Waals surface area (Å²) in [5.74, 6) is 0.554. The van der Waals surface area contributed by atoms with Crippen molar-refractivity contribution < 1.29 is 9.53 Å². The lowest BCUT2D eigenvalue weighted by Crippen LogP contribution is -2.52. The second-order valence-corrected chi connectivity index (χ2v) is 6.64. The van der Waals surface area contributed by atoms with Gasteiger partial charge in [0.05, 0.1) is 31.4 Å². The zero-order chi connectivity index (χ0) is 18.8. The number of benzene rings is 1. The fourth-order valence-corrected chi connectivity index (χ4v) is 3.46. The highest BCUT2D eigenvalue weighted by Gasteiger charge is 2.27. The number of nitrogens with zero attached hydrogens (tertiary/aromatic N) is 2. The number of ether oxygens (including phenoxy) is 1. The largest absolute Gasteiger partial charge is 0.379 e. The Labute approximate surface area is 156 Å². The first-order valence-corrected chi connectivity index (χ1v) is 9.50. The molecule has 0 aromatic heterocycles. The number of carbonyl (C=O) groups excluding carboxylic acids is 1. The van der Waals surface area contributed by atoms with Crippen LogP contribution < -0.4 is 10.6 Å². The van der Waals surface area contributed by atoms with Gasteiger partial charge in [0.25, 0.3) is 0 Å². The second kappa shape index (κ2) is 10.8. The highest BCUT2D eigenvalue weighted by molar-refractivity contribution is 5.80. The molecule has 1 aliphatic rings. The van der Waals surface area contributed by atoms with E-state index in [4.69, 9.17) is 10.00 Å². The smallest absolute Gasteiger partial charge is 0.239 e. The Bertz CT molecular complexity index is 587. The van der Waals surface area contributed by atoms with E-state index in [-0.39, 0.29) is 12.5 Å². The fraction of sp³-hybridized carbons (Fsp3) is 0.600. The van der Waals surface area contributed by atoms with Gasteiger partial charge in [-0.2, -0.15) is 5.26 Å². The van der Waals surface area contributed by atoms with E-state index < -0.39 is 0 Å². The van der Waals surface area contributed by atoms with E-state index in [9.17, 15) is 4.79 Å². The fourth-order valence-electron chi connectivity index (χ4n) is 3.46. The van der Waals surface area contributed by atoms with Gasteiger partial charge in [-0.15, -0.1) is 0 Å². The van der Waals surface area contributed by atoms with Crippen molar-refractivity contribution in [3.8, 4) is 6.07 Å². The lowest BCUT2D eigenvalue weighted by Gasteiger charge is -2.38. The molecule has 1 atom stereocenters. The highest BCUT2D eigenvalue weighted by atomic mass is 16.5. The van der Waals surface area contributed by atoms with Gasteiger partial charge in [0.2, 0.25) is 5.91 Å². The van der Waals surface area contributed by atoms with E-state index in [1.165, 1.54) is 0 Å². The number of anilines is 1. The lowest BCUT2D eigenvalue weighted by atomic mass is 9.92. The van der Waals surface area contributed by atoms with Crippen molar-refractivity contribution in [2.75, 3.05) is 44.7 Å². The van der Waals surface area contributed by atoms with Crippen molar-refractivity contribution in [2.24, 2.45) is 5.92 Å². The normalized spacial score (nSPS) is 16.1. The standard InChI is InChI=1S/C20H30N4O2/c1-3-17(4-2)19(24-9-11-26-12-10-24)14-23-20(25)15-22-18-7-5-16(13-21)6-8-18/h5-8,17,19,22H,3-4,9-12,14-15H2,1-2H3,(H,23,25). The number of morpholine rings is 1. The Kier molecular flexibility index (Phi) is 8.39. The molecule has 1 unspecified atom stereocenters. The number of nitrogens with one attached hydrogen (secondary N) is 2. The zero-order valence-electron chi connectivity index (χ0n) is 15.8. The van der Waals surface area contributed by atoms with Gasteiger partial charge in [-0.1, -0.05) is 26.7 Å². The summed E-state index contributed by atoms with van der Waals surface area (Å²) in [6, 6.07) is 9.54. The predicted molar refractivity (Wildman–Crippen MR) is 103 cm³/mol. The van der Waals surface area contributed by atoms with Gasteiger partial charge in [-0.05, 0) is 30.2 Å². The third-order valence-electron chi connectivity index (χ3n) is 5.08. The van der Waals surface area contributed by atoms with Gasteiger partial charge in [0, 0.05) is 31.4 Å². The first-order valence-electron chi connectivity index (χ1n) is 9.50. The van der Waals surface area contributed by atoms with Crippen molar-refractivity contribution >= 4 is 11.6 Å². The predicted octanol–water partition coefficient (Wildman–Crippen LogP) is 2.22. The molecule has 0 spiro atoms. The molecule has 1 aliphatic heterocycles. The summed E-state index contributed by atoms with van der Waals surface area (Å²) in [4.78, 5) is 14.7. The van der Waals surface area contributed by atoms with E-state index in [0.717, 1.165) is 44.8 Å². The topological polar surface area (TPSA) is 77.4 Å². The zero-order valence-corrected chi connectivity index (χ0v) is 15.8. The van der Waals surface area contributed by atoms with Crippen molar-refractivity contribution in [3.05, 3.63) is 29.8 Å². The average molecular weight is 358 g/mol. The van der Waals surface area contributed by atoms with Gasteiger partial charge in [0.15, 0.2) is 0 Å². The molecule has 26 heavy (non-hydrogen) atoms. The third-order valence-corrected chi connectivity index (χ3v) is 5.08. The lowest BCUT2D eigenvalue weighted by molar-refractivity contribution is -0.119. The minimum Gasteiger partial charge on any atom is -0.379 e. The van der Waals surface area contributed by atoms with Crippen LogP contribution >= 0.6 is 0 Å². The highest BCUT2D eigenvalue weighted by Crippen LogP contribution is 2.19. The Morgan fingerprint density at radius 2 is 1.88 bits per heavy atom. The number of rotatable bonds is 9. The monoisotopic (exact) mass is 358 g/mol. The number of hydrogen-bond acceptors (Lipinski definition) is 5. The summed E-state index contributed by atoms with van der Waals surface area (Å²) in [5, 5.41) is 15.0. The van der Waals surface area contributed by atoms with E-state index >= 15 is 0 Å². The van der Waals surface area contributed by atoms with Crippen LogP contribution in [0.1, 0.15) is 32.3 Å². The average Bonchev–Trinajstić information content (AvgIpc) is 2.70. The third kappa shape index (κ3) is 6.01. The molecule has 6 heteroatoms. The molecule has 2 N–H and O–H groups in total. The van der Waals surface area contributed by atoms with Crippen molar-refractivity contribution in [1.82, 2.24) is 10.2 Å². The van der Waals surface area contributed by atoms with Crippen LogP contribution in [-0.4, -0.2) is 56.2 Å². The Balaban J connectivity index is 1.83. The number of carbonyl (C=O) groups is 1. The van der Waals surface area contributed by atoms with E-state index in [0.29, 0.717) is 24.1 Å². The van der Waals surface area contributed by atoms with Crippen LogP contribution in [-0.2, 0) is 9.53 Å². The van der Waals surface area contributed by atoms with Crippen molar-refractivity contribution in [3.63, 3.8) is 0 Å². The summed E-state index contributed by atoms with van der Waals surface area (Å²) in [5.41, 5.74) is 1.45. The molecule has 0 radical (unpaired) electrons. The Morgan fingerprint density at radius 3 is 2.46 bits per heavy atom. The van der Waals surface area contributed by atoms with Gasteiger partial charge in [0.1, 0.15) is 0 Å². The number of hydrogen-bond donors (Lipinski definition) is 2. The molecule has 1 saturated heterocycles. The van der Waals surface area contributed by atoms with Crippen LogP contribution in [0.25, 0.3) is 0 Å². The minimum atomic E-state index is -0.0152. The van der Waals surface area contributed by atoms with E-state index in [1.807, 2.05) is 12.1 Å². The summed E-state index contributed by atoms with van der Waals surface area (Å²) in [7, 11) is 0. The molecule has 0 aliphatic carbocycles. The molecule has 0 saturated carbocycles. The van der Waals surface area contributed by atoms with Crippen LogP contribution in [0.5, 0.6) is 0 Å². The first-order chi connectivity index (χ1) is 12.7. The van der Waals surface area contributed by atoms with Gasteiger partial charge in [-0.25, -0.2) is 0 Å². The minimum absolute atomic E-state index is 0.0152. The number of amides is 1. The molecule has 0 bridgehead atoms. The SMILES string of the molecule is CCC(CC)C(CNC(=O)CNc1ccc(C#N)cc1)N1CCOCC1. The Morgan fingerprint density at radius 1 is 1.23 bits per heavy atom. The van der Waals surface area contributed by atoms with E-state index in [2.05, 4.69) is 35.5 Å². The second-order valence-electron chi connectivity index (χ2n) is 6.64. The molecular formula is C20H30N4O2. The van der Waals surface area contributed by atoms with Crippen molar-refractivity contribution in [2.45, 2.75) is 32.7 Å². The van der Waals surface area contributed by atoms with Gasteiger partial charge in [-0.3, -0.25) is 9.69 Å². The summed E-state index contributed by atoms with van der Waals surface area (Å²) in [6.45, 7) is 8.73. The maximum absolute atomic E-state index is 12.3. The molecule has 1 aromatic rings. The first kappa shape index (κ1) is 20.2. The summed E-state index contributed by atoms with van der Waals surface area (Å²) < 4.78 is 5.47. The maximum atomic E-state index is 12.3. The van der Waals surface area contributed by atoms with Crippen LogP contribution in [0.4, 0.5) is 5.69 Å². The van der Waals surface area contributed by atoms with Crippen LogP contribution in [0, 0.1) is 17.2 Å². The maximum Gasteiger partial charge on any atom is 0.239 e. The molecule has 1 aromatic carbocycles. The van der Waals surface area contributed by atoms with Crippen LogP contribution in [0.3, 0.4) is 0 Å². The van der Waals surface area contributed by atoms with Gasteiger partial charge >= 0.3 is 0 Å². The van der Waals surface area contributed by atoms with Crippen molar-refractivity contribution in [1.29, 1.82) is 5.26 Å². The van der Waals surface area contributed by atoms with Crippen LogP contribution in [0.2, 0.25) is 0 Å². The molecular weight excluding hydrogens is 328 g/mol. The van der Waals surface area contributed by atoms with E-state index in [1.54, 1.807) is 12.1 Å². The molecule has 2 rings (SSSR count). The quantitative estimate of drug-likeness (QED) is 0.708. The summed E-state index contributed by atoms with van der Waals surface area (Å²) >= 11 is 0. The molecule has 1 heterocycles. The van der Waals surface area contributed by atoms with Crippen LogP contribution in [0.15, 0.2) is 24.3 Å². The molecule has 1 fully saturated rings. The number of nitriles is 1. The Hall–Kier alpha value is -2.10.